The quantitative estimate of drug-likeness (QED) is 0.787. The second-order valence-corrected chi connectivity index (χ2v) is 5.87. The van der Waals surface area contributed by atoms with Crippen molar-refractivity contribution in [2.75, 3.05) is 0 Å². The van der Waals surface area contributed by atoms with E-state index in [0.717, 1.165) is 10.0 Å². The standard InChI is InChI=1S/C14H12Br2FNO/c1-8(18)9-2-5-14(12(16)6-9)19-10-3-4-13(17)11(15)7-10/h2-8H,18H2,1H3/t8-/m0/s1. The molecule has 2 aromatic carbocycles. The number of rotatable bonds is 3. The Morgan fingerprint density at radius 2 is 1.84 bits per heavy atom. The van der Waals surface area contributed by atoms with E-state index < -0.39 is 0 Å². The molecular weight excluding hydrogens is 377 g/mol. The molecule has 0 aliphatic carbocycles. The lowest BCUT2D eigenvalue weighted by atomic mass is 10.1. The van der Waals surface area contributed by atoms with Crippen LogP contribution in [0.15, 0.2) is 45.3 Å². The first-order chi connectivity index (χ1) is 8.97. The summed E-state index contributed by atoms with van der Waals surface area (Å²) in [5, 5.41) is 0. The third-order valence-electron chi connectivity index (χ3n) is 2.60. The first kappa shape index (κ1) is 14.5. The van der Waals surface area contributed by atoms with E-state index in [-0.39, 0.29) is 11.9 Å². The zero-order valence-corrected chi connectivity index (χ0v) is 13.3. The Labute approximate surface area is 128 Å². The van der Waals surface area contributed by atoms with Gasteiger partial charge in [0.1, 0.15) is 17.3 Å². The molecule has 0 aromatic heterocycles. The number of halogens is 3. The van der Waals surface area contributed by atoms with Crippen molar-refractivity contribution >= 4 is 31.9 Å². The van der Waals surface area contributed by atoms with E-state index in [0.29, 0.717) is 16.0 Å². The molecule has 0 spiro atoms. The van der Waals surface area contributed by atoms with Gasteiger partial charge >= 0.3 is 0 Å². The third-order valence-corrected chi connectivity index (χ3v) is 3.83. The van der Waals surface area contributed by atoms with Gasteiger partial charge in [-0.05, 0) is 74.7 Å². The highest BCUT2D eigenvalue weighted by Crippen LogP contribution is 2.33. The molecule has 2 N–H and O–H groups in total. The summed E-state index contributed by atoms with van der Waals surface area (Å²) >= 11 is 6.56. The van der Waals surface area contributed by atoms with Crippen LogP contribution in [0, 0.1) is 5.82 Å². The maximum absolute atomic E-state index is 13.1. The molecule has 2 rings (SSSR count). The van der Waals surface area contributed by atoms with Gasteiger partial charge in [-0.2, -0.15) is 0 Å². The molecule has 0 aliphatic rings. The number of hydrogen-bond donors (Lipinski definition) is 1. The average molecular weight is 389 g/mol. The Morgan fingerprint density at radius 1 is 1.11 bits per heavy atom. The fourth-order valence-corrected chi connectivity index (χ4v) is 2.39. The van der Waals surface area contributed by atoms with E-state index in [9.17, 15) is 4.39 Å². The lowest BCUT2D eigenvalue weighted by Crippen LogP contribution is -2.04. The Hall–Kier alpha value is -0.910. The van der Waals surface area contributed by atoms with Gasteiger partial charge in [0.25, 0.3) is 0 Å². The number of ether oxygens (including phenoxy) is 1. The molecule has 2 aromatic rings. The van der Waals surface area contributed by atoms with Crippen LogP contribution in [-0.4, -0.2) is 0 Å². The monoisotopic (exact) mass is 387 g/mol. The van der Waals surface area contributed by atoms with Gasteiger partial charge in [0, 0.05) is 6.04 Å². The zero-order chi connectivity index (χ0) is 14.0. The van der Waals surface area contributed by atoms with E-state index >= 15 is 0 Å². The smallest absolute Gasteiger partial charge is 0.141 e. The fraction of sp³-hybridized carbons (Fsp3) is 0.143. The van der Waals surface area contributed by atoms with Gasteiger partial charge in [-0.15, -0.1) is 0 Å². The first-order valence-electron chi connectivity index (χ1n) is 5.65. The van der Waals surface area contributed by atoms with Gasteiger partial charge in [-0.1, -0.05) is 6.07 Å². The van der Waals surface area contributed by atoms with Crippen LogP contribution in [0.2, 0.25) is 0 Å². The Morgan fingerprint density at radius 3 is 2.42 bits per heavy atom. The lowest BCUT2D eigenvalue weighted by molar-refractivity contribution is 0.476. The highest BCUT2D eigenvalue weighted by Gasteiger charge is 2.08. The van der Waals surface area contributed by atoms with Crippen LogP contribution in [0.4, 0.5) is 4.39 Å². The van der Waals surface area contributed by atoms with Gasteiger partial charge in [-0.3, -0.25) is 0 Å². The summed E-state index contributed by atoms with van der Waals surface area (Å²) in [6.07, 6.45) is 0. The van der Waals surface area contributed by atoms with Crippen LogP contribution in [0.3, 0.4) is 0 Å². The second kappa shape index (κ2) is 6.03. The molecule has 19 heavy (non-hydrogen) atoms. The molecule has 0 unspecified atom stereocenters. The maximum atomic E-state index is 13.1. The molecule has 1 atom stereocenters. The van der Waals surface area contributed by atoms with Gasteiger partial charge in [0.05, 0.1) is 8.95 Å². The molecule has 0 radical (unpaired) electrons. The number of hydrogen-bond acceptors (Lipinski definition) is 2. The Bertz CT molecular complexity index is 602. The van der Waals surface area contributed by atoms with Crippen molar-refractivity contribution in [1.82, 2.24) is 0 Å². The molecule has 0 saturated heterocycles. The van der Waals surface area contributed by atoms with Crippen LogP contribution < -0.4 is 10.5 Å². The molecule has 5 heteroatoms. The predicted molar refractivity (Wildman–Crippen MR) is 80.9 cm³/mol. The summed E-state index contributed by atoms with van der Waals surface area (Å²) in [6.45, 7) is 1.92. The molecule has 0 heterocycles. The van der Waals surface area contributed by atoms with Crippen molar-refractivity contribution in [2.45, 2.75) is 13.0 Å². The van der Waals surface area contributed by atoms with Crippen LogP contribution >= 0.6 is 31.9 Å². The van der Waals surface area contributed by atoms with Crippen molar-refractivity contribution in [3.63, 3.8) is 0 Å². The van der Waals surface area contributed by atoms with Crippen LogP contribution in [0.25, 0.3) is 0 Å². The Balaban J connectivity index is 2.25. The summed E-state index contributed by atoms with van der Waals surface area (Å²) in [5.74, 6) is 0.893. The van der Waals surface area contributed by atoms with Gasteiger partial charge < -0.3 is 10.5 Å². The van der Waals surface area contributed by atoms with Gasteiger partial charge in [0.2, 0.25) is 0 Å². The summed E-state index contributed by atoms with van der Waals surface area (Å²) in [4.78, 5) is 0. The third kappa shape index (κ3) is 3.55. The van der Waals surface area contributed by atoms with Crippen LogP contribution in [-0.2, 0) is 0 Å². The van der Waals surface area contributed by atoms with Crippen molar-refractivity contribution < 1.29 is 9.13 Å². The minimum atomic E-state index is -0.321. The van der Waals surface area contributed by atoms with Crippen LogP contribution in [0.5, 0.6) is 11.5 Å². The van der Waals surface area contributed by atoms with E-state index in [1.54, 1.807) is 12.1 Å². The summed E-state index contributed by atoms with van der Waals surface area (Å²) in [7, 11) is 0. The van der Waals surface area contributed by atoms with Crippen molar-refractivity contribution in [3.8, 4) is 11.5 Å². The van der Waals surface area contributed by atoms with Crippen molar-refractivity contribution in [2.24, 2.45) is 5.73 Å². The molecular formula is C14H12Br2FNO. The van der Waals surface area contributed by atoms with E-state index in [1.807, 2.05) is 25.1 Å². The highest BCUT2D eigenvalue weighted by atomic mass is 79.9. The zero-order valence-electron chi connectivity index (χ0n) is 10.2. The molecule has 0 aliphatic heterocycles. The summed E-state index contributed by atoms with van der Waals surface area (Å²) < 4.78 is 20.0. The molecule has 0 saturated carbocycles. The van der Waals surface area contributed by atoms with E-state index in [1.165, 1.54) is 6.07 Å². The maximum Gasteiger partial charge on any atom is 0.141 e. The fourth-order valence-electron chi connectivity index (χ4n) is 1.55. The van der Waals surface area contributed by atoms with Crippen LogP contribution in [0.1, 0.15) is 18.5 Å². The number of nitrogens with two attached hydrogens (primary N) is 1. The van der Waals surface area contributed by atoms with Gasteiger partial charge in [0.15, 0.2) is 0 Å². The predicted octanol–water partition coefficient (Wildman–Crippen LogP) is 5.16. The molecule has 0 fully saturated rings. The summed E-state index contributed by atoms with van der Waals surface area (Å²) in [5.41, 5.74) is 6.83. The first-order valence-corrected chi connectivity index (χ1v) is 7.24. The minimum absolute atomic E-state index is 0.0367. The second-order valence-electron chi connectivity index (χ2n) is 4.16. The van der Waals surface area contributed by atoms with Crippen molar-refractivity contribution in [3.05, 3.63) is 56.7 Å². The SMILES string of the molecule is C[C@H](N)c1ccc(Oc2ccc(F)c(Br)c2)c(Br)c1. The average Bonchev–Trinajstić information content (AvgIpc) is 2.36. The summed E-state index contributed by atoms with van der Waals surface area (Å²) in [6, 6.07) is 10.1. The van der Waals surface area contributed by atoms with Crippen molar-refractivity contribution in [1.29, 1.82) is 0 Å². The topological polar surface area (TPSA) is 35.2 Å². The molecule has 0 bridgehead atoms. The largest absolute Gasteiger partial charge is 0.456 e. The molecule has 100 valence electrons. The van der Waals surface area contributed by atoms with Gasteiger partial charge in [-0.25, -0.2) is 4.39 Å². The van der Waals surface area contributed by atoms with E-state index in [2.05, 4.69) is 31.9 Å². The highest BCUT2D eigenvalue weighted by molar-refractivity contribution is 9.10. The Kier molecular flexibility index (Phi) is 4.60. The number of benzene rings is 2. The van der Waals surface area contributed by atoms with E-state index in [4.69, 9.17) is 10.5 Å². The molecule has 2 nitrogen and oxygen atoms in total. The lowest BCUT2D eigenvalue weighted by Gasteiger charge is -2.11. The normalized spacial score (nSPS) is 12.3. The molecule has 0 amide bonds. The minimum Gasteiger partial charge on any atom is -0.456 e.